The second-order valence-electron chi connectivity index (χ2n) is 9.77. The fraction of sp³-hybridized carbons (Fsp3) is 0.267. The molecule has 0 spiro atoms. The van der Waals surface area contributed by atoms with Crippen molar-refractivity contribution in [2.45, 2.75) is 31.0 Å². The van der Waals surface area contributed by atoms with Gasteiger partial charge >= 0.3 is 0 Å². The Morgan fingerprint density at radius 1 is 0.951 bits per heavy atom. The maximum Gasteiger partial charge on any atom is 0.204 e. The van der Waals surface area contributed by atoms with Gasteiger partial charge in [-0.1, -0.05) is 55.9 Å². The quantitative estimate of drug-likeness (QED) is 0.147. The SMILES string of the molecule is COc1ccc(C(C)(C)c2cnc(SCCOCc3ccc(-c4nn[nH]n4)cc3)n2-c2ccc(F)cc2)cc1OC. The molecule has 0 saturated heterocycles. The van der Waals surface area contributed by atoms with E-state index in [0.29, 0.717) is 36.3 Å². The minimum Gasteiger partial charge on any atom is -0.493 e. The first-order valence-electron chi connectivity index (χ1n) is 13.0. The second-order valence-corrected chi connectivity index (χ2v) is 10.8. The Morgan fingerprint density at radius 3 is 2.39 bits per heavy atom. The van der Waals surface area contributed by atoms with E-state index in [9.17, 15) is 4.39 Å². The molecule has 9 nitrogen and oxygen atoms in total. The number of rotatable bonds is 12. The summed E-state index contributed by atoms with van der Waals surface area (Å²) in [6.07, 6.45) is 1.88. The zero-order chi connectivity index (χ0) is 28.8. The van der Waals surface area contributed by atoms with E-state index in [1.807, 2.05) is 48.7 Å². The van der Waals surface area contributed by atoms with Gasteiger partial charge in [0.15, 0.2) is 16.7 Å². The molecular weight excluding hydrogens is 543 g/mol. The summed E-state index contributed by atoms with van der Waals surface area (Å²) in [5.74, 6) is 2.28. The number of H-pyrrole nitrogens is 1. The fourth-order valence-corrected chi connectivity index (χ4v) is 5.35. The van der Waals surface area contributed by atoms with Crippen molar-refractivity contribution >= 4 is 11.8 Å². The number of tetrazole rings is 1. The van der Waals surface area contributed by atoms with Crippen molar-refractivity contribution in [3.63, 3.8) is 0 Å². The molecule has 3 aromatic carbocycles. The third-order valence-electron chi connectivity index (χ3n) is 6.84. The number of aromatic nitrogens is 6. The number of imidazole rings is 1. The molecule has 1 N–H and O–H groups in total. The summed E-state index contributed by atoms with van der Waals surface area (Å²) in [6, 6.07) is 20.2. The molecule has 0 atom stereocenters. The van der Waals surface area contributed by atoms with Crippen LogP contribution in [0.2, 0.25) is 0 Å². The van der Waals surface area contributed by atoms with Gasteiger partial charge in [0.2, 0.25) is 5.82 Å². The lowest BCUT2D eigenvalue weighted by Crippen LogP contribution is -2.23. The molecule has 0 aliphatic heterocycles. The minimum atomic E-state index is -0.454. The van der Waals surface area contributed by atoms with Crippen molar-refractivity contribution in [1.29, 1.82) is 0 Å². The first kappa shape index (κ1) is 28.3. The molecule has 0 aliphatic rings. The highest BCUT2D eigenvalue weighted by Crippen LogP contribution is 2.39. The number of benzene rings is 3. The summed E-state index contributed by atoms with van der Waals surface area (Å²) < 4.78 is 32.8. The Kier molecular flexibility index (Phi) is 8.65. The summed E-state index contributed by atoms with van der Waals surface area (Å²) in [6.45, 7) is 5.28. The molecule has 11 heteroatoms. The van der Waals surface area contributed by atoms with Crippen LogP contribution in [-0.4, -0.2) is 56.8 Å². The van der Waals surface area contributed by atoms with Crippen LogP contribution in [0.1, 0.15) is 30.7 Å². The van der Waals surface area contributed by atoms with Gasteiger partial charge in [-0.3, -0.25) is 4.57 Å². The van der Waals surface area contributed by atoms with Crippen LogP contribution < -0.4 is 9.47 Å². The molecule has 5 rings (SSSR count). The number of aromatic amines is 1. The number of hydrogen-bond acceptors (Lipinski definition) is 8. The van der Waals surface area contributed by atoms with Crippen molar-refractivity contribution < 1.29 is 18.6 Å². The van der Waals surface area contributed by atoms with E-state index in [1.165, 1.54) is 12.1 Å². The molecule has 5 aromatic rings. The third kappa shape index (κ3) is 6.26. The number of thioether (sulfide) groups is 1. The standard InChI is InChI=1S/C30H31FN6O3S/c1-30(2,22-9-14-25(38-3)26(17-22)39-4)27-18-32-29(37(27)24-12-10-23(31)11-13-24)41-16-15-40-19-20-5-7-21(8-6-20)28-33-35-36-34-28/h5-14,17-18H,15-16,19H2,1-4H3,(H,33,34,35,36). The van der Waals surface area contributed by atoms with E-state index in [-0.39, 0.29) is 5.82 Å². The topological polar surface area (TPSA) is 100.0 Å². The molecular formula is C30H31FN6O3S. The highest BCUT2D eigenvalue weighted by Gasteiger charge is 2.30. The summed E-state index contributed by atoms with van der Waals surface area (Å²) in [7, 11) is 3.24. The summed E-state index contributed by atoms with van der Waals surface area (Å²) in [5.41, 5.74) is 4.30. The highest BCUT2D eigenvalue weighted by atomic mass is 32.2. The van der Waals surface area contributed by atoms with Crippen LogP contribution in [0.25, 0.3) is 17.1 Å². The molecule has 0 aliphatic carbocycles. The van der Waals surface area contributed by atoms with E-state index >= 15 is 0 Å². The van der Waals surface area contributed by atoms with Gasteiger partial charge in [-0.25, -0.2) is 9.37 Å². The molecule has 0 bridgehead atoms. The predicted molar refractivity (Wildman–Crippen MR) is 155 cm³/mol. The first-order chi connectivity index (χ1) is 19.9. The van der Waals surface area contributed by atoms with Gasteiger partial charge in [0, 0.05) is 22.4 Å². The van der Waals surface area contributed by atoms with E-state index in [0.717, 1.165) is 33.2 Å². The average Bonchev–Trinajstić information content (AvgIpc) is 3.69. The molecule has 2 aromatic heterocycles. The minimum absolute atomic E-state index is 0.289. The Balaban J connectivity index is 1.31. The van der Waals surface area contributed by atoms with Crippen LogP contribution in [0, 0.1) is 5.82 Å². The molecule has 212 valence electrons. The summed E-state index contributed by atoms with van der Waals surface area (Å²) >= 11 is 1.59. The van der Waals surface area contributed by atoms with E-state index in [1.54, 1.807) is 38.1 Å². The number of nitrogens with zero attached hydrogens (tertiary/aromatic N) is 5. The Labute approximate surface area is 242 Å². The monoisotopic (exact) mass is 574 g/mol. The molecule has 0 fully saturated rings. The summed E-state index contributed by atoms with van der Waals surface area (Å²) in [5, 5.41) is 14.8. The van der Waals surface area contributed by atoms with E-state index in [4.69, 9.17) is 19.2 Å². The smallest absolute Gasteiger partial charge is 0.204 e. The van der Waals surface area contributed by atoms with Crippen molar-refractivity contribution in [2.75, 3.05) is 26.6 Å². The van der Waals surface area contributed by atoms with Crippen LogP contribution in [0.5, 0.6) is 11.5 Å². The van der Waals surface area contributed by atoms with Crippen LogP contribution in [0.3, 0.4) is 0 Å². The number of nitrogens with one attached hydrogen (secondary N) is 1. The third-order valence-corrected chi connectivity index (χ3v) is 7.76. The Hall–Kier alpha value is -4.22. The zero-order valence-electron chi connectivity index (χ0n) is 23.3. The van der Waals surface area contributed by atoms with Gasteiger partial charge in [0.05, 0.1) is 39.3 Å². The average molecular weight is 575 g/mol. The van der Waals surface area contributed by atoms with Gasteiger partial charge in [-0.15, -0.1) is 10.2 Å². The van der Waals surface area contributed by atoms with Gasteiger partial charge < -0.3 is 14.2 Å². The van der Waals surface area contributed by atoms with Crippen molar-refractivity contribution in [3.05, 3.63) is 95.6 Å². The lowest BCUT2D eigenvalue weighted by Gasteiger charge is -2.28. The lowest BCUT2D eigenvalue weighted by atomic mass is 9.81. The molecule has 41 heavy (non-hydrogen) atoms. The van der Waals surface area contributed by atoms with Crippen molar-refractivity contribution in [1.82, 2.24) is 30.2 Å². The van der Waals surface area contributed by atoms with Crippen molar-refractivity contribution in [2.24, 2.45) is 0 Å². The lowest BCUT2D eigenvalue weighted by molar-refractivity contribution is 0.136. The Bertz CT molecular complexity index is 1570. The first-order valence-corrected chi connectivity index (χ1v) is 14.0. The highest BCUT2D eigenvalue weighted by molar-refractivity contribution is 7.99. The molecule has 0 unspecified atom stereocenters. The predicted octanol–water partition coefficient (Wildman–Crippen LogP) is 5.84. The Morgan fingerprint density at radius 2 is 1.71 bits per heavy atom. The molecule has 0 saturated carbocycles. The number of hydrogen-bond donors (Lipinski definition) is 1. The summed E-state index contributed by atoms with van der Waals surface area (Å²) in [4.78, 5) is 4.77. The van der Waals surface area contributed by atoms with Gasteiger partial charge in [-0.05, 0) is 52.7 Å². The number of ether oxygens (including phenoxy) is 3. The van der Waals surface area contributed by atoms with Gasteiger partial charge in [0.1, 0.15) is 5.82 Å². The fourth-order valence-electron chi connectivity index (χ4n) is 4.51. The number of methoxy groups -OCH3 is 2. The van der Waals surface area contributed by atoms with Crippen LogP contribution in [-0.2, 0) is 16.8 Å². The molecule has 0 radical (unpaired) electrons. The second kappa shape index (κ2) is 12.5. The maximum absolute atomic E-state index is 13.8. The van der Waals surface area contributed by atoms with E-state index in [2.05, 4.69) is 39.0 Å². The van der Waals surface area contributed by atoms with Crippen LogP contribution >= 0.6 is 11.8 Å². The molecule has 2 heterocycles. The maximum atomic E-state index is 13.8. The normalized spacial score (nSPS) is 11.5. The van der Waals surface area contributed by atoms with Crippen LogP contribution in [0.4, 0.5) is 4.39 Å². The zero-order valence-corrected chi connectivity index (χ0v) is 24.1. The largest absolute Gasteiger partial charge is 0.493 e. The van der Waals surface area contributed by atoms with Gasteiger partial charge in [0.25, 0.3) is 0 Å². The van der Waals surface area contributed by atoms with Gasteiger partial charge in [-0.2, -0.15) is 5.21 Å². The number of halogens is 1. The van der Waals surface area contributed by atoms with E-state index < -0.39 is 5.41 Å². The van der Waals surface area contributed by atoms with Crippen LogP contribution in [0.15, 0.2) is 78.1 Å². The van der Waals surface area contributed by atoms with Crippen molar-refractivity contribution in [3.8, 4) is 28.6 Å². The molecule has 0 amide bonds.